The highest BCUT2D eigenvalue weighted by Gasteiger charge is 2.50. The number of rotatable bonds is 8. The molecule has 1 aliphatic rings. The summed E-state index contributed by atoms with van der Waals surface area (Å²) in [5.41, 5.74) is 2.36. The maximum Gasteiger partial charge on any atom is 0.412 e. The van der Waals surface area contributed by atoms with Crippen LogP contribution < -0.4 is 0 Å². The number of hydrogen-bond acceptors (Lipinski definition) is 4. The van der Waals surface area contributed by atoms with E-state index in [4.69, 9.17) is 9.47 Å². The summed E-state index contributed by atoms with van der Waals surface area (Å²) in [5, 5.41) is 0. The molecule has 1 heterocycles. The lowest BCUT2D eigenvalue weighted by atomic mass is 9.98. The Kier molecular flexibility index (Phi) is 7.82. The molecule has 190 valence electrons. The molecule has 2 atom stereocenters. The van der Waals surface area contributed by atoms with Crippen molar-refractivity contribution in [2.45, 2.75) is 71.1 Å². The van der Waals surface area contributed by atoms with Crippen LogP contribution in [-0.4, -0.2) is 39.9 Å². The molecule has 1 fully saturated rings. The molecule has 4 rings (SSSR count). The van der Waals surface area contributed by atoms with Crippen LogP contribution in [0.2, 0.25) is 0 Å². The zero-order chi connectivity index (χ0) is 25.8. The van der Waals surface area contributed by atoms with Gasteiger partial charge >= 0.3 is 6.09 Å². The highest BCUT2D eigenvalue weighted by molar-refractivity contribution is 5.70. The fourth-order valence-corrected chi connectivity index (χ4v) is 5.27. The molecule has 1 amide bonds. The van der Waals surface area contributed by atoms with Crippen LogP contribution in [0.15, 0.2) is 91.0 Å². The monoisotopic (exact) mass is 486 g/mol. The third-order valence-electron chi connectivity index (χ3n) is 6.83. The van der Waals surface area contributed by atoms with E-state index in [1.54, 1.807) is 4.90 Å². The number of nitrogens with zero attached hydrogens (tertiary/aromatic N) is 2. The first-order valence-electron chi connectivity index (χ1n) is 12.7. The second kappa shape index (κ2) is 10.9. The van der Waals surface area contributed by atoms with Crippen molar-refractivity contribution >= 4 is 6.09 Å². The minimum Gasteiger partial charge on any atom is -0.444 e. The van der Waals surface area contributed by atoms with Crippen molar-refractivity contribution < 1.29 is 14.3 Å². The van der Waals surface area contributed by atoms with Crippen LogP contribution in [0.3, 0.4) is 0 Å². The molecule has 5 heteroatoms. The normalized spacial score (nSPS) is 18.1. The van der Waals surface area contributed by atoms with Gasteiger partial charge in [0, 0.05) is 13.1 Å². The van der Waals surface area contributed by atoms with Gasteiger partial charge in [0.05, 0.1) is 18.2 Å². The quantitative estimate of drug-likeness (QED) is 0.351. The van der Waals surface area contributed by atoms with Crippen molar-refractivity contribution in [1.29, 1.82) is 0 Å². The van der Waals surface area contributed by atoms with Crippen LogP contribution in [0.5, 0.6) is 0 Å². The smallest absolute Gasteiger partial charge is 0.412 e. The third kappa shape index (κ3) is 5.97. The summed E-state index contributed by atoms with van der Waals surface area (Å²) in [5.74, 6) is 0. The average molecular weight is 487 g/mol. The number of benzene rings is 3. The third-order valence-corrected chi connectivity index (χ3v) is 6.83. The topological polar surface area (TPSA) is 42.0 Å². The molecule has 0 bridgehead atoms. The molecule has 1 aliphatic heterocycles. The SMILES string of the molecule is C[C@@H](OC(=O)N1C(C)(C)COC1(C)C)[C@@H](c1ccccc1)N(Cc1ccccc1)Cc1ccccc1. The van der Waals surface area contributed by atoms with E-state index in [0.29, 0.717) is 6.61 Å². The van der Waals surface area contributed by atoms with Crippen LogP contribution in [0.4, 0.5) is 4.79 Å². The van der Waals surface area contributed by atoms with E-state index in [-0.39, 0.29) is 12.1 Å². The van der Waals surface area contributed by atoms with Gasteiger partial charge in [0.15, 0.2) is 0 Å². The fraction of sp³-hybridized carbons (Fsp3) is 0.387. The van der Waals surface area contributed by atoms with Gasteiger partial charge in [-0.25, -0.2) is 4.79 Å². The zero-order valence-corrected chi connectivity index (χ0v) is 22.1. The van der Waals surface area contributed by atoms with Gasteiger partial charge in [-0.3, -0.25) is 9.80 Å². The van der Waals surface area contributed by atoms with Crippen LogP contribution >= 0.6 is 0 Å². The van der Waals surface area contributed by atoms with Gasteiger partial charge < -0.3 is 9.47 Å². The summed E-state index contributed by atoms with van der Waals surface area (Å²) in [6.45, 7) is 11.8. The molecule has 0 aliphatic carbocycles. The van der Waals surface area contributed by atoms with Crippen molar-refractivity contribution in [2.75, 3.05) is 6.61 Å². The van der Waals surface area contributed by atoms with Gasteiger partial charge in [-0.05, 0) is 51.3 Å². The number of amides is 1. The van der Waals surface area contributed by atoms with Gasteiger partial charge in [-0.2, -0.15) is 0 Å². The van der Waals surface area contributed by atoms with Crippen molar-refractivity contribution in [1.82, 2.24) is 9.80 Å². The Morgan fingerprint density at radius 2 is 1.33 bits per heavy atom. The van der Waals surface area contributed by atoms with Crippen molar-refractivity contribution in [2.24, 2.45) is 0 Å². The maximum atomic E-state index is 13.6. The van der Waals surface area contributed by atoms with Crippen LogP contribution in [0, 0.1) is 0 Å². The fourth-order valence-electron chi connectivity index (χ4n) is 5.27. The van der Waals surface area contributed by atoms with Gasteiger partial charge in [-0.1, -0.05) is 91.0 Å². The van der Waals surface area contributed by atoms with Gasteiger partial charge in [0.25, 0.3) is 0 Å². The summed E-state index contributed by atoms with van der Waals surface area (Å²) in [6, 6.07) is 31.1. The number of carbonyl (C=O) groups is 1. The van der Waals surface area contributed by atoms with E-state index in [2.05, 4.69) is 65.6 Å². The Bertz CT molecular complexity index is 1060. The Hall–Kier alpha value is -3.15. The highest BCUT2D eigenvalue weighted by Crippen LogP contribution is 2.37. The second-order valence-corrected chi connectivity index (χ2v) is 10.7. The summed E-state index contributed by atoms with van der Waals surface area (Å²) >= 11 is 0. The van der Waals surface area contributed by atoms with E-state index in [1.807, 2.05) is 65.0 Å². The number of carbonyl (C=O) groups excluding carboxylic acids is 1. The highest BCUT2D eigenvalue weighted by atomic mass is 16.6. The summed E-state index contributed by atoms with van der Waals surface area (Å²) in [6.07, 6.45) is -0.755. The number of hydrogen-bond donors (Lipinski definition) is 0. The molecule has 36 heavy (non-hydrogen) atoms. The largest absolute Gasteiger partial charge is 0.444 e. The van der Waals surface area contributed by atoms with E-state index in [0.717, 1.165) is 18.7 Å². The van der Waals surface area contributed by atoms with Gasteiger partial charge in [-0.15, -0.1) is 0 Å². The molecule has 3 aromatic carbocycles. The Morgan fingerprint density at radius 3 is 1.78 bits per heavy atom. The Labute approximate surface area is 215 Å². The van der Waals surface area contributed by atoms with Gasteiger partial charge in [0.2, 0.25) is 0 Å². The molecule has 1 saturated heterocycles. The van der Waals surface area contributed by atoms with Crippen LogP contribution in [0.1, 0.15) is 57.4 Å². The lowest BCUT2D eigenvalue weighted by molar-refractivity contribution is -0.0654. The minimum atomic E-state index is -0.726. The molecular weight excluding hydrogens is 448 g/mol. The second-order valence-electron chi connectivity index (χ2n) is 10.7. The lowest BCUT2D eigenvalue weighted by Crippen LogP contribution is -2.54. The lowest BCUT2D eigenvalue weighted by Gasteiger charge is -2.40. The van der Waals surface area contributed by atoms with Crippen molar-refractivity contribution in [3.63, 3.8) is 0 Å². The Morgan fingerprint density at radius 1 is 0.861 bits per heavy atom. The van der Waals surface area contributed by atoms with Crippen molar-refractivity contribution in [3.8, 4) is 0 Å². The van der Waals surface area contributed by atoms with Crippen LogP contribution in [-0.2, 0) is 22.6 Å². The molecule has 0 aromatic heterocycles. The molecule has 0 unspecified atom stereocenters. The first-order chi connectivity index (χ1) is 17.2. The molecule has 0 N–H and O–H groups in total. The summed E-state index contributed by atoms with van der Waals surface area (Å²) in [4.78, 5) is 17.7. The van der Waals surface area contributed by atoms with E-state index >= 15 is 0 Å². The molecule has 0 spiro atoms. The summed E-state index contributed by atoms with van der Waals surface area (Å²) < 4.78 is 12.2. The summed E-state index contributed by atoms with van der Waals surface area (Å²) in [7, 11) is 0. The first kappa shape index (κ1) is 25.9. The van der Waals surface area contributed by atoms with Gasteiger partial charge in [0.1, 0.15) is 11.8 Å². The molecular formula is C31H38N2O3. The Balaban J connectivity index is 1.67. The van der Waals surface area contributed by atoms with Crippen LogP contribution in [0.25, 0.3) is 0 Å². The minimum absolute atomic E-state index is 0.148. The first-order valence-corrected chi connectivity index (χ1v) is 12.7. The number of ether oxygens (including phenoxy) is 2. The molecule has 3 aromatic rings. The molecule has 0 saturated carbocycles. The maximum absolute atomic E-state index is 13.6. The van der Waals surface area contributed by atoms with E-state index in [9.17, 15) is 4.79 Å². The zero-order valence-electron chi connectivity index (χ0n) is 22.1. The standard InChI is InChI=1S/C31H38N2O3/c1-24(36-29(34)33-30(2,3)23-35-31(33,4)5)28(27-19-13-8-14-20-27)32(21-25-15-9-6-10-16-25)22-26-17-11-7-12-18-26/h6-20,24,28H,21-23H2,1-5H3/t24-,28+/m1/s1. The predicted molar refractivity (Wildman–Crippen MR) is 143 cm³/mol. The average Bonchev–Trinajstić information content (AvgIpc) is 3.08. The predicted octanol–water partition coefficient (Wildman–Crippen LogP) is 6.80. The molecule has 0 radical (unpaired) electrons. The molecule has 5 nitrogen and oxygen atoms in total. The van der Waals surface area contributed by atoms with Crippen molar-refractivity contribution in [3.05, 3.63) is 108 Å². The van der Waals surface area contributed by atoms with E-state index in [1.165, 1.54) is 11.1 Å². The van der Waals surface area contributed by atoms with E-state index < -0.39 is 17.4 Å².